The van der Waals surface area contributed by atoms with Gasteiger partial charge in [-0.15, -0.1) is 10.2 Å². The molecule has 0 aliphatic carbocycles. The number of aromatic nitrogens is 4. The lowest BCUT2D eigenvalue weighted by atomic mass is 10.2. The SMILES string of the molecule is COc1ccc(/C=N\Nc2nnc3c4ccccc4n(Cc4ccccc4)c3n2)cc1. The van der Waals surface area contributed by atoms with E-state index in [1.165, 1.54) is 5.56 Å². The minimum Gasteiger partial charge on any atom is -0.497 e. The number of hydrazone groups is 1. The van der Waals surface area contributed by atoms with E-state index in [0.717, 1.165) is 33.4 Å². The third-order valence-electron chi connectivity index (χ3n) is 5.05. The smallest absolute Gasteiger partial charge is 0.265 e. The topological polar surface area (TPSA) is 77.2 Å². The normalized spacial score (nSPS) is 11.4. The highest BCUT2D eigenvalue weighted by molar-refractivity contribution is 6.04. The van der Waals surface area contributed by atoms with Gasteiger partial charge in [-0.05, 0) is 41.5 Å². The van der Waals surface area contributed by atoms with Crippen LogP contribution >= 0.6 is 0 Å². The molecule has 0 spiro atoms. The fraction of sp³-hybridized carbons (Fsp3) is 0.0833. The Hall–Kier alpha value is -4.26. The first kappa shape index (κ1) is 18.7. The van der Waals surface area contributed by atoms with Crippen LogP contribution in [0.3, 0.4) is 0 Å². The van der Waals surface area contributed by atoms with Crippen LogP contribution < -0.4 is 10.2 Å². The summed E-state index contributed by atoms with van der Waals surface area (Å²) in [5.74, 6) is 1.14. The molecule has 0 saturated carbocycles. The van der Waals surface area contributed by atoms with Gasteiger partial charge in [-0.3, -0.25) is 0 Å². The Balaban J connectivity index is 1.48. The van der Waals surface area contributed by atoms with Crippen molar-refractivity contribution in [1.82, 2.24) is 19.7 Å². The average molecular weight is 408 g/mol. The Morgan fingerprint density at radius 2 is 1.71 bits per heavy atom. The number of anilines is 1. The van der Waals surface area contributed by atoms with Crippen molar-refractivity contribution in [2.45, 2.75) is 6.54 Å². The Morgan fingerprint density at radius 3 is 2.52 bits per heavy atom. The number of ether oxygens (including phenoxy) is 1. The van der Waals surface area contributed by atoms with Gasteiger partial charge in [-0.1, -0.05) is 48.5 Å². The van der Waals surface area contributed by atoms with Crippen molar-refractivity contribution in [3.8, 4) is 5.75 Å². The third kappa shape index (κ3) is 3.81. The minimum absolute atomic E-state index is 0.342. The highest BCUT2D eigenvalue weighted by Crippen LogP contribution is 2.27. The van der Waals surface area contributed by atoms with E-state index < -0.39 is 0 Å². The molecular formula is C24H20N6O. The molecular weight excluding hydrogens is 388 g/mol. The predicted octanol–water partition coefficient (Wildman–Crippen LogP) is 4.48. The molecule has 0 amide bonds. The van der Waals surface area contributed by atoms with E-state index >= 15 is 0 Å². The molecule has 0 bridgehead atoms. The Morgan fingerprint density at radius 1 is 0.935 bits per heavy atom. The van der Waals surface area contributed by atoms with E-state index in [1.807, 2.05) is 60.7 Å². The van der Waals surface area contributed by atoms with Crippen LogP contribution in [0.1, 0.15) is 11.1 Å². The molecule has 0 atom stereocenters. The molecule has 5 rings (SSSR count). The van der Waals surface area contributed by atoms with Crippen molar-refractivity contribution in [3.05, 3.63) is 90.0 Å². The molecule has 152 valence electrons. The lowest BCUT2D eigenvalue weighted by molar-refractivity contribution is 0.415. The molecule has 3 aromatic carbocycles. The monoisotopic (exact) mass is 408 g/mol. The highest BCUT2D eigenvalue weighted by Gasteiger charge is 2.14. The van der Waals surface area contributed by atoms with Gasteiger partial charge in [-0.25, -0.2) is 5.43 Å². The summed E-state index contributed by atoms with van der Waals surface area (Å²) in [6.07, 6.45) is 1.70. The minimum atomic E-state index is 0.342. The second kappa shape index (κ2) is 8.23. The van der Waals surface area contributed by atoms with Crippen LogP contribution in [0.25, 0.3) is 22.1 Å². The number of benzene rings is 3. The zero-order valence-corrected chi connectivity index (χ0v) is 16.9. The lowest BCUT2D eigenvalue weighted by Gasteiger charge is -2.07. The molecule has 2 heterocycles. The predicted molar refractivity (Wildman–Crippen MR) is 123 cm³/mol. The van der Waals surface area contributed by atoms with Gasteiger partial charge in [0.05, 0.1) is 18.8 Å². The van der Waals surface area contributed by atoms with Gasteiger partial charge in [-0.2, -0.15) is 10.1 Å². The summed E-state index contributed by atoms with van der Waals surface area (Å²) >= 11 is 0. The molecule has 31 heavy (non-hydrogen) atoms. The summed E-state index contributed by atoms with van der Waals surface area (Å²) in [6, 6.07) is 26.1. The molecule has 0 aliphatic rings. The van der Waals surface area contributed by atoms with Gasteiger partial charge in [0.25, 0.3) is 5.95 Å². The first-order chi connectivity index (χ1) is 15.3. The van der Waals surface area contributed by atoms with E-state index in [-0.39, 0.29) is 0 Å². The molecule has 1 N–H and O–H groups in total. The van der Waals surface area contributed by atoms with Gasteiger partial charge < -0.3 is 9.30 Å². The summed E-state index contributed by atoms with van der Waals surface area (Å²) in [6.45, 7) is 0.693. The zero-order chi connectivity index (χ0) is 21.0. The molecule has 0 saturated heterocycles. The van der Waals surface area contributed by atoms with E-state index in [9.17, 15) is 0 Å². The fourth-order valence-corrected chi connectivity index (χ4v) is 3.53. The number of methoxy groups -OCH3 is 1. The van der Waals surface area contributed by atoms with Gasteiger partial charge in [0, 0.05) is 11.9 Å². The third-order valence-corrected chi connectivity index (χ3v) is 5.05. The van der Waals surface area contributed by atoms with Crippen LogP contribution in [-0.4, -0.2) is 33.1 Å². The molecule has 0 radical (unpaired) electrons. The second-order valence-electron chi connectivity index (χ2n) is 7.04. The van der Waals surface area contributed by atoms with E-state index in [1.54, 1.807) is 13.3 Å². The van der Waals surface area contributed by atoms with Crippen molar-refractivity contribution in [2.75, 3.05) is 12.5 Å². The summed E-state index contributed by atoms with van der Waals surface area (Å²) in [5, 5.41) is 13.9. The van der Waals surface area contributed by atoms with Crippen LogP contribution in [0.2, 0.25) is 0 Å². The molecule has 0 fully saturated rings. The van der Waals surface area contributed by atoms with Crippen LogP contribution in [-0.2, 0) is 6.54 Å². The number of para-hydroxylation sites is 1. The van der Waals surface area contributed by atoms with E-state index in [0.29, 0.717) is 12.5 Å². The van der Waals surface area contributed by atoms with Gasteiger partial charge in [0.1, 0.15) is 11.3 Å². The number of nitrogens with zero attached hydrogens (tertiary/aromatic N) is 5. The fourth-order valence-electron chi connectivity index (χ4n) is 3.53. The first-order valence-corrected chi connectivity index (χ1v) is 9.90. The van der Waals surface area contributed by atoms with E-state index in [2.05, 4.69) is 43.5 Å². The maximum absolute atomic E-state index is 5.17. The largest absolute Gasteiger partial charge is 0.497 e. The lowest BCUT2D eigenvalue weighted by Crippen LogP contribution is -2.04. The van der Waals surface area contributed by atoms with Gasteiger partial charge in [0.2, 0.25) is 0 Å². The summed E-state index contributed by atoms with van der Waals surface area (Å²) in [7, 11) is 1.64. The molecule has 7 nitrogen and oxygen atoms in total. The maximum atomic E-state index is 5.17. The Bertz CT molecular complexity index is 1360. The van der Waals surface area contributed by atoms with Crippen LogP contribution in [0.15, 0.2) is 84.0 Å². The first-order valence-electron chi connectivity index (χ1n) is 9.90. The summed E-state index contributed by atoms with van der Waals surface area (Å²) < 4.78 is 7.33. The number of rotatable bonds is 6. The van der Waals surface area contributed by atoms with Crippen molar-refractivity contribution >= 4 is 34.2 Å². The Labute approximate surface area is 179 Å². The number of hydrogen-bond donors (Lipinski definition) is 1. The molecule has 7 heteroatoms. The van der Waals surface area contributed by atoms with Crippen molar-refractivity contribution < 1.29 is 4.74 Å². The molecule has 2 aromatic heterocycles. The molecule has 5 aromatic rings. The maximum Gasteiger partial charge on any atom is 0.265 e. The Kier molecular flexibility index (Phi) is 4.98. The van der Waals surface area contributed by atoms with Crippen LogP contribution in [0.5, 0.6) is 5.75 Å². The second-order valence-corrected chi connectivity index (χ2v) is 7.04. The average Bonchev–Trinajstić information content (AvgIpc) is 3.13. The van der Waals surface area contributed by atoms with Crippen molar-refractivity contribution in [2.24, 2.45) is 5.10 Å². The van der Waals surface area contributed by atoms with Crippen molar-refractivity contribution in [1.29, 1.82) is 0 Å². The number of hydrogen-bond acceptors (Lipinski definition) is 6. The van der Waals surface area contributed by atoms with Crippen molar-refractivity contribution in [3.63, 3.8) is 0 Å². The van der Waals surface area contributed by atoms with Crippen LogP contribution in [0.4, 0.5) is 5.95 Å². The summed E-state index contributed by atoms with van der Waals surface area (Å²) in [4.78, 5) is 4.71. The summed E-state index contributed by atoms with van der Waals surface area (Å²) in [5.41, 5.74) is 7.62. The molecule has 0 aliphatic heterocycles. The van der Waals surface area contributed by atoms with E-state index in [4.69, 9.17) is 9.72 Å². The standard InChI is InChI=1S/C24H20N6O/c1-31-19-13-11-17(12-14-19)15-25-28-24-26-23-22(27-29-24)20-9-5-6-10-21(20)30(23)16-18-7-3-2-4-8-18/h2-15H,16H2,1H3,(H,26,28,29)/b25-15-. The van der Waals surface area contributed by atoms with Crippen LogP contribution in [0, 0.1) is 0 Å². The quantitative estimate of drug-likeness (QED) is 0.331. The molecule has 0 unspecified atom stereocenters. The van der Waals surface area contributed by atoms with Gasteiger partial charge in [0.15, 0.2) is 5.65 Å². The van der Waals surface area contributed by atoms with Gasteiger partial charge >= 0.3 is 0 Å². The number of nitrogens with one attached hydrogen (secondary N) is 1. The highest BCUT2D eigenvalue weighted by atomic mass is 16.5. The number of fused-ring (bicyclic) bond motifs is 3. The zero-order valence-electron chi connectivity index (χ0n) is 16.9.